The van der Waals surface area contributed by atoms with Gasteiger partial charge in [-0.2, -0.15) is 9.78 Å². The Morgan fingerprint density at radius 3 is 2.52 bits per heavy atom. The van der Waals surface area contributed by atoms with Crippen molar-refractivity contribution in [2.24, 2.45) is 0 Å². The Morgan fingerprint density at radius 2 is 1.83 bits per heavy atom. The van der Waals surface area contributed by atoms with E-state index >= 15 is 0 Å². The predicted octanol–water partition coefficient (Wildman–Crippen LogP) is 4.53. The van der Waals surface area contributed by atoms with Crippen molar-refractivity contribution in [3.8, 4) is 22.6 Å². The van der Waals surface area contributed by atoms with Gasteiger partial charge in [0.2, 0.25) is 0 Å². The number of methoxy groups -OCH3 is 1. The van der Waals surface area contributed by atoms with Crippen molar-refractivity contribution < 1.29 is 9.53 Å². The van der Waals surface area contributed by atoms with Gasteiger partial charge in [0, 0.05) is 17.4 Å². The first-order valence-electron chi connectivity index (χ1n) is 8.65. The Balaban J connectivity index is 2.03. The summed E-state index contributed by atoms with van der Waals surface area (Å²) >= 11 is 12.3. The molecule has 2 aliphatic rings. The molecule has 146 valence electrons. The molecule has 0 atom stereocenters. The van der Waals surface area contributed by atoms with Crippen LogP contribution in [0.15, 0.2) is 59.7 Å². The number of halogens is 2. The predicted molar refractivity (Wildman–Crippen MR) is 112 cm³/mol. The zero-order valence-electron chi connectivity index (χ0n) is 15.5. The maximum atomic E-state index is 13.1. The Kier molecular flexibility index (Phi) is 4.90. The summed E-state index contributed by atoms with van der Waals surface area (Å²) in [6.45, 7) is 1.88. The third kappa shape index (κ3) is 3.30. The number of ether oxygens (including phenoxy) is 1. The Morgan fingerprint density at radius 1 is 1.07 bits per heavy atom. The van der Waals surface area contributed by atoms with E-state index in [2.05, 4.69) is 5.10 Å². The van der Waals surface area contributed by atoms with Crippen molar-refractivity contribution in [3.63, 3.8) is 0 Å². The molecule has 29 heavy (non-hydrogen) atoms. The number of rotatable bonds is 3. The number of carbonyl (C=O) groups is 1. The number of esters is 1. The molecular formula is C21H15Cl2N3O3. The second-order valence-electron chi connectivity index (χ2n) is 6.43. The van der Waals surface area contributed by atoms with Crippen LogP contribution in [0.5, 0.6) is 0 Å². The standard InChI is InChI=1S/C21H15Cl2N3O3/c1-12-5-3-4-6-17(12)26-20(27)14-10-25(18-8-7-13(22)9-16(18)23)11-15(19(14)24-26)21(28)29-2/h3-11H,1-2H3. The zero-order valence-corrected chi connectivity index (χ0v) is 17.0. The lowest BCUT2D eigenvalue weighted by atomic mass is 10.1. The summed E-state index contributed by atoms with van der Waals surface area (Å²) in [5.41, 5.74) is 2.41. The van der Waals surface area contributed by atoms with Crippen molar-refractivity contribution in [2.75, 3.05) is 7.11 Å². The summed E-state index contributed by atoms with van der Waals surface area (Å²) in [5.74, 6) is -0.608. The number of aromatic nitrogens is 3. The molecule has 0 amide bonds. The van der Waals surface area contributed by atoms with Crippen LogP contribution in [0.2, 0.25) is 10.0 Å². The number of aryl methyl sites for hydroxylation is 1. The number of hydrogen-bond acceptors (Lipinski definition) is 4. The Bertz CT molecular complexity index is 1280. The molecule has 6 nitrogen and oxygen atoms in total. The highest BCUT2D eigenvalue weighted by atomic mass is 35.5. The maximum absolute atomic E-state index is 13.1. The van der Waals surface area contributed by atoms with Gasteiger partial charge in [-0.25, -0.2) is 4.79 Å². The van der Waals surface area contributed by atoms with Crippen LogP contribution in [0.1, 0.15) is 15.9 Å². The van der Waals surface area contributed by atoms with Gasteiger partial charge in [0.25, 0.3) is 5.56 Å². The number of pyridine rings is 1. The summed E-state index contributed by atoms with van der Waals surface area (Å²) in [6, 6.07) is 12.3. The van der Waals surface area contributed by atoms with Gasteiger partial charge in [0.1, 0.15) is 11.3 Å². The molecule has 0 bridgehead atoms. The number of carbonyl (C=O) groups excluding carboxylic acids is 1. The van der Waals surface area contributed by atoms with Gasteiger partial charge >= 0.3 is 5.97 Å². The fourth-order valence-electron chi connectivity index (χ4n) is 3.16. The van der Waals surface area contributed by atoms with Gasteiger partial charge in [-0.1, -0.05) is 41.4 Å². The van der Waals surface area contributed by atoms with Crippen molar-refractivity contribution in [2.45, 2.75) is 6.92 Å². The number of fused-ring (bicyclic) bond motifs is 1. The molecule has 0 fully saturated rings. The third-order valence-corrected chi connectivity index (χ3v) is 5.14. The molecule has 0 aliphatic carbocycles. The van der Waals surface area contributed by atoms with Crippen LogP contribution < -0.4 is 5.56 Å². The van der Waals surface area contributed by atoms with Gasteiger partial charge in [-0.15, -0.1) is 0 Å². The highest BCUT2D eigenvalue weighted by molar-refractivity contribution is 6.35. The number of hydrogen-bond donors (Lipinski definition) is 0. The maximum Gasteiger partial charge on any atom is 0.341 e. The average molecular weight is 428 g/mol. The van der Waals surface area contributed by atoms with Crippen molar-refractivity contribution >= 4 is 29.2 Å². The average Bonchev–Trinajstić information content (AvgIpc) is 3.03. The van der Waals surface area contributed by atoms with E-state index in [1.54, 1.807) is 35.0 Å². The van der Waals surface area contributed by atoms with E-state index in [1.165, 1.54) is 18.0 Å². The molecule has 2 aromatic carbocycles. The minimum absolute atomic E-state index is 0.153. The molecule has 4 rings (SSSR count). The van der Waals surface area contributed by atoms with Gasteiger partial charge in [-0.05, 0) is 36.8 Å². The lowest BCUT2D eigenvalue weighted by Gasteiger charge is -2.13. The first-order valence-corrected chi connectivity index (χ1v) is 9.41. The molecule has 2 heterocycles. The summed E-state index contributed by atoms with van der Waals surface area (Å²) in [6.07, 6.45) is 3.14. The Hall–Kier alpha value is -3.09. The first-order chi connectivity index (χ1) is 13.9. The van der Waals surface area contributed by atoms with E-state index in [0.717, 1.165) is 5.56 Å². The molecule has 0 unspecified atom stereocenters. The SMILES string of the molecule is COC(=O)c1cn(-c2ccc(Cl)cc2Cl)cc2c(=O)n(-c3ccccc3C)nc1-2. The molecular weight excluding hydrogens is 413 g/mol. The molecule has 0 spiro atoms. The molecule has 0 saturated carbocycles. The van der Waals surface area contributed by atoms with Crippen LogP contribution >= 0.6 is 23.2 Å². The fraction of sp³-hybridized carbons (Fsp3) is 0.0952. The molecule has 0 aromatic heterocycles. The highest BCUT2D eigenvalue weighted by Crippen LogP contribution is 2.29. The summed E-state index contributed by atoms with van der Waals surface area (Å²) in [4.78, 5) is 25.6. The van der Waals surface area contributed by atoms with Crippen LogP contribution in [-0.2, 0) is 4.74 Å². The largest absolute Gasteiger partial charge is 0.465 e. The van der Waals surface area contributed by atoms with Gasteiger partial charge in [0.15, 0.2) is 0 Å². The lowest BCUT2D eigenvalue weighted by Crippen LogP contribution is -2.16. The van der Waals surface area contributed by atoms with Gasteiger partial charge in [-0.3, -0.25) is 4.79 Å². The summed E-state index contributed by atoms with van der Waals surface area (Å²) in [5, 5.41) is 5.27. The third-order valence-electron chi connectivity index (χ3n) is 4.61. The second kappa shape index (κ2) is 7.39. The summed E-state index contributed by atoms with van der Waals surface area (Å²) < 4.78 is 7.79. The van der Waals surface area contributed by atoms with Gasteiger partial charge in [0.05, 0.1) is 29.1 Å². The number of benzene rings is 2. The normalized spacial score (nSPS) is 11.0. The minimum Gasteiger partial charge on any atom is -0.465 e. The molecule has 0 N–H and O–H groups in total. The van der Waals surface area contributed by atoms with Crippen molar-refractivity contribution in [3.05, 3.63) is 86.4 Å². The van der Waals surface area contributed by atoms with Crippen LogP contribution in [0.4, 0.5) is 0 Å². The lowest BCUT2D eigenvalue weighted by molar-refractivity contribution is 0.0600. The number of para-hydroxylation sites is 1. The van der Waals surface area contributed by atoms with Crippen LogP contribution in [0, 0.1) is 6.92 Å². The smallest absolute Gasteiger partial charge is 0.341 e. The molecule has 2 aliphatic heterocycles. The van der Waals surface area contributed by atoms with E-state index in [1.807, 2.05) is 25.1 Å². The number of nitrogens with zero attached hydrogens (tertiary/aromatic N) is 3. The monoisotopic (exact) mass is 427 g/mol. The zero-order chi connectivity index (χ0) is 20.7. The van der Waals surface area contributed by atoms with E-state index in [4.69, 9.17) is 27.9 Å². The highest BCUT2D eigenvalue weighted by Gasteiger charge is 2.26. The van der Waals surface area contributed by atoms with E-state index < -0.39 is 5.97 Å². The molecule has 0 saturated heterocycles. The van der Waals surface area contributed by atoms with Crippen molar-refractivity contribution in [1.82, 2.24) is 14.3 Å². The Labute approximate surface area is 176 Å². The molecule has 0 radical (unpaired) electrons. The van der Waals surface area contributed by atoms with Crippen LogP contribution in [-0.4, -0.2) is 27.4 Å². The second-order valence-corrected chi connectivity index (χ2v) is 7.28. The van der Waals surface area contributed by atoms with Crippen LogP contribution in [0.3, 0.4) is 0 Å². The quantitative estimate of drug-likeness (QED) is 0.450. The fourth-order valence-corrected chi connectivity index (χ4v) is 3.67. The van der Waals surface area contributed by atoms with Crippen LogP contribution in [0.25, 0.3) is 22.6 Å². The van der Waals surface area contributed by atoms with Crippen molar-refractivity contribution in [1.29, 1.82) is 0 Å². The first kappa shape index (κ1) is 19.2. The van der Waals surface area contributed by atoms with E-state index in [0.29, 0.717) is 21.4 Å². The minimum atomic E-state index is -0.608. The summed E-state index contributed by atoms with van der Waals surface area (Å²) in [7, 11) is 1.28. The molecule has 8 heteroatoms. The molecule has 2 aromatic rings. The van der Waals surface area contributed by atoms with Gasteiger partial charge < -0.3 is 9.30 Å². The van der Waals surface area contributed by atoms with E-state index in [-0.39, 0.29) is 22.4 Å². The van der Waals surface area contributed by atoms with E-state index in [9.17, 15) is 9.59 Å². The topological polar surface area (TPSA) is 66.1 Å².